The first-order valence-corrected chi connectivity index (χ1v) is 5.66. The molecule has 0 spiro atoms. The first-order valence-electron chi connectivity index (χ1n) is 5.66. The molecule has 0 heterocycles. The zero-order valence-corrected chi connectivity index (χ0v) is 9.85. The van der Waals surface area contributed by atoms with Gasteiger partial charge in [0, 0.05) is 0 Å². The Morgan fingerprint density at radius 3 is 2.71 bits per heavy atom. The topological polar surface area (TPSA) is 20.2 Å². The molecule has 0 aliphatic heterocycles. The average Bonchev–Trinajstić information content (AvgIpc) is 2.20. The molecule has 0 saturated heterocycles. The second-order valence-corrected chi connectivity index (χ2v) is 4.44. The van der Waals surface area contributed by atoms with Crippen molar-refractivity contribution in [2.24, 2.45) is 5.92 Å². The summed E-state index contributed by atoms with van der Waals surface area (Å²) in [4.78, 5) is 0. The first kappa shape index (κ1) is 11.4. The summed E-state index contributed by atoms with van der Waals surface area (Å²) in [6, 6.07) is 0. The van der Waals surface area contributed by atoms with Crippen LogP contribution in [0.5, 0.6) is 0 Å². The van der Waals surface area contributed by atoms with Gasteiger partial charge in [0.05, 0.1) is 0 Å². The minimum absolute atomic E-state index is 0.566. The molecule has 1 heteroatoms. The lowest BCUT2D eigenvalue weighted by Crippen LogP contribution is -2.09. The van der Waals surface area contributed by atoms with Crippen molar-refractivity contribution < 1.29 is 5.11 Å². The predicted molar refractivity (Wildman–Crippen MR) is 61.3 cm³/mol. The number of aliphatic hydroxyl groups is 1. The third-order valence-electron chi connectivity index (χ3n) is 3.50. The van der Waals surface area contributed by atoms with Crippen LogP contribution in [0.4, 0.5) is 0 Å². The number of rotatable bonds is 2. The van der Waals surface area contributed by atoms with Gasteiger partial charge in [0.15, 0.2) is 0 Å². The van der Waals surface area contributed by atoms with Gasteiger partial charge < -0.3 is 5.11 Å². The molecule has 1 unspecified atom stereocenters. The van der Waals surface area contributed by atoms with Crippen molar-refractivity contribution in [1.82, 2.24) is 0 Å². The average molecular weight is 194 g/mol. The summed E-state index contributed by atoms with van der Waals surface area (Å²) in [5.74, 6) is 1.21. The Balaban J connectivity index is 3.02. The maximum absolute atomic E-state index is 10.1. The number of aliphatic hydroxyl groups excluding tert-OH is 1. The number of allylic oxidation sites excluding steroid dienone is 3. The molecule has 1 aliphatic carbocycles. The normalized spacial score (nSPS) is 25.0. The van der Waals surface area contributed by atoms with Crippen LogP contribution in [0.25, 0.3) is 0 Å². The molecule has 0 bridgehead atoms. The van der Waals surface area contributed by atoms with Gasteiger partial charge in [-0.3, -0.25) is 0 Å². The lowest BCUT2D eigenvalue weighted by Gasteiger charge is -2.24. The van der Waals surface area contributed by atoms with Crippen molar-refractivity contribution in [3.05, 3.63) is 22.5 Å². The zero-order valence-electron chi connectivity index (χ0n) is 9.85. The van der Waals surface area contributed by atoms with Crippen molar-refractivity contribution >= 4 is 0 Å². The van der Waals surface area contributed by atoms with E-state index in [1.165, 1.54) is 24.0 Å². The van der Waals surface area contributed by atoms with Gasteiger partial charge in [-0.05, 0) is 56.6 Å². The summed E-state index contributed by atoms with van der Waals surface area (Å²) < 4.78 is 0. The molecule has 1 rings (SSSR count). The first-order chi connectivity index (χ1) is 6.57. The minimum Gasteiger partial charge on any atom is -0.508 e. The van der Waals surface area contributed by atoms with Gasteiger partial charge in [-0.2, -0.15) is 0 Å². The van der Waals surface area contributed by atoms with Crippen molar-refractivity contribution in [3.63, 3.8) is 0 Å². The smallest absolute Gasteiger partial charge is 0.117 e. The van der Waals surface area contributed by atoms with Gasteiger partial charge in [0.2, 0.25) is 0 Å². The van der Waals surface area contributed by atoms with Crippen LogP contribution in [0.1, 0.15) is 53.4 Å². The van der Waals surface area contributed by atoms with E-state index in [2.05, 4.69) is 20.8 Å². The zero-order chi connectivity index (χ0) is 10.7. The summed E-state index contributed by atoms with van der Waals surface area (Å²) in [5.41, 5.74) is 3.72. The van der Waals surface area contributed by atoms with Crippen LogP contribution in [-0.2, 0) is 0 Å². The fraction of sp³-hybridized carbons (Fsp3) is 0.692. The molecule has 0 aromatic carbocycles. The molecule has 0 aromatic heterocycles. The molecular formula is C13H22O. The van der Waals surface area contributed by atoms with Crippen molar-refractivity contribution in [2.45, 2.75) is 53.4 Å². The number of hydrogen-bond acceptors (Lipinski definition) is 1. The molecule has 1 nitrogen and oxygen atoms in total. The quantitative estimate of drug-likeness (QED) is 0.647. The molecule has 0 saturated carbocycles. The Kier molecular flexibility index (Phi) is 3.79. The highest BCUT2D eigenvalue weighted by molar-refractivity contribution is 5.35. The highest BCUT2D eigenvalue weighted by atomic mass is 16.3. The van der Waals surface area contributed by atoms with E-state index >= 15 is 0 Å². The van der Waals surface area contributed by atoms with Crippen LogP contribution in [0, 0.1) is 5.92 Å². The second kappa shape index (κ2) is 4.68. The maximum atomic E-state index is 10.1. The van der Waals surface area contributed by atoms with E-state index in [0.717, 1.165) is 18.4 Å². The van der Waals surface area contributed by atoms with Crippen molar-refractivity contribution in [1.29, 1.82) is 0 Å². The fourth-order valence-corrected chi connectivity index (χ4v) is 2.03. The SMILES string of the molecule is CCC(C)=C(O)C1=C(C)C(C)CCC1. The van der Waals surface area contributed by atoms with Gasteiger partial charge in [-0.1, -0.05) is 19.4 Å². The Labute approximate surface area is 87.5 Å². The van der Waals surface area contributed by atoms with Crippen LogP contribution in [0.3, 0.4) is 0 Å². The van der Waals surface area contributed by atoms with Gasteiger partial charge in [-0.25, -0.2) is 0 Å². The number of hydrogen-bond donors (Lipinski definition) is 1. The van der Waals surface area contributed by atoms with E-state index in [1.807, 2.05) is 6.92 Å². The monoisotopic (exact) mass is 194 g/mol. The van der Waals surface area contributed by atoms with Crippen molar-refractivity contribution in [3.8, 4) is 0 Å². The van der Waals surface area contributed by atoms with Gasteiger partial charge in [0.1, 0.15) is 5.76 Å². The van der Waals surface area contributed by atoms with Crippen LogP contribution >= 0.6 is 0 Å². The fourth-order valence-electron chi connectivity index (χ4n) is 2.03. The lowest BCUT2D eigenvalue weighted by molar-refractivity contribution is 0.395. The standard InChI is InChI=1S/C13H22O/c1-5-9(2)13(14)12-8-6-7-10(3)11(12)4/h10,14H,5-8H2,1-4H3. The van der Waals surface area contributed by atoms with E-state index in [0.29, 0.717) is 11.7 Å². The van der Waals surface area contributed by atoms with Gasteiger partial charge >= 0.3 is 0 Å². The summed E-state index contributed by atoms with van der Waals surface area (Å²) in [5, 5.41) is 10.1. The Hall–Kier alpha value is -0.720. The second-order valence-electron chi connectivity index (χ2n) is 4.44. The molecule has 1 N–H and O–H groups in total. The Morgan fingerprint density at radius 2 is 2.14 bits per heavy atom. The molecular weight excluding hydrogens is 172 g/mol. The predicted octanol–water partition coefficient (Wildman–Crippen LogP) is 4.36. The molecule has 0 fully saturated rings. The van der Waals surface area contributed by atoms with Crippen LogP contribution < -0.4 is 0 Å². The molecule has 1 atom stereocenters. The third-order valence-corrected chi connectivity index (χ3v) is 3.50. The van der Waals surface area contributed by atoms with E-state index in [1.54, 1.807) is 0 Å². The molecule has 80 valence electrons. The van der Waals surface area contributed by atoms with Crippen molar-refractivity contribution in [2.75, 3.05) is 0 Å². The van der Waals surface area contributed by atoms with E-state index in [4.69, 9.17) is 0 Å². The summed E-state index contributed by atoms with van der Waals surface area (Å²) in [6.45, 7) is 8.53. The third kappa shape index (κ3) is 2.20. The molecule has 0 amide bonds. The molecule has 1 aliphatic rings. The minimum atomic E-state index is 0.566. The Bertz CT molecular complexity index is 271. The van der Waals surface area contributed by atoms with Crippen LogP contribution in [0.2, 0.25) is 0 Å². The highest BCUT2D eigenvalue weighted by Crippen LogP contribution is 2.33. The Morgan fingerprint density at radius 1 is 1.50 bits per heavy atom. The van der Waals surface area contributed by atoms with Crippen LogP contribution in [0.15, 0.2) is 22.5 Å². The summed E-state index contributed by atoms with van der Waals surface area (Å²) in [6.07, 6.45) is 4.49. The van der Waals surface area contributed by atoms with Gasteiger partial charge in [0.25, 0.3) is 0 Å². The largest absolute Gasteiger partial charge is 0.508 e. The lowest BCUT2D eigenvalue weighted by atomic mass is 9.83. The summed E-state index contributed by atoms with van der Waals surface area (Å²) in [7, 11) is 0. The van der Waals surface area contributed by atoms with E-state index in [9.17, 15) is 5.11 Å². The summed E-state index contributed by atoms with van der Waals surface area (Å²) >= 11 is 0. The molecule has 0 radical (unpaired) electrons. The molecule has 0 aromatic rings. The molecule has 14 heavy (non-hydrogen) atoms. The van der Waals surface area contributed by atoms with Crippen LogP contribution in [-0.4, -0.2) is 5.11 Å². The van der Waals surface area contributed by atoms with Gasteiger partial charge in [-0.15, -0.1) is 0 Å². The van der Waals surface area contributed by atoms with E-state index in [-0.39, 0.29) is 0 Å². The highest BCUT2D eigenvalue weighted by Gasteiger charge is 2.19. The maximum Gasteiger partial charge on any atom is 0.117 e. The van der Waals surface area contributed by atoms with E-state index < -0.39 is 0 Å².